The number of β-lactam (4-membered cyclic amide) rings is 1. The molecule has 4 aromatic carbocycles. The molecular formula is C36H33ClN2O10S3. The lowest BCUT2D eigenvalue weighted by atomic mass is 10.0. The fourth-order valence-electron chi connectivity index (χ4n) is 5.01. The Balaban J connectivity index is 1.55. The van der Waals surface area contributed by atoms with Crippen LogP contribution in [0.4, 0.5) is 0 Å². The van der Waals surface area contributed by atoms with Crippen LogP contribution in [-0.4, -0.2) is 63.9 Å². The van der Waals surface area contributed by atoms with Crippen molar-refractivity contribution in [2.75, 3.05) is 13.0 Å². The second-order valence-corrected chi connectivity index (χ2v) is 17.1. The van der Waals surface area contributed by atoms with E-state index in [-0.39, 0.29) is 33.6 Å². The van der Waals surface area contributed by atoms with Crippen molar-refractivity contribution in [1.29, 1.82) is 0 Å². The lowest BCUT2D eigenvalue weighted by Gasteiger charge is -2.46. The number of esters is 1. The molecule has 0 bridgehead atoms. The van der Waals surface area contributed by atoms with Crippen LogP contribution in [0.2, 0.25) is 0 Å². The molecule has 1 N–H and O–H groups in total. The van der Waals surface area contributed by atoms with Crippen LogP contribution >= 0.6 is 22.4 Å². The van der Waals surface area contributed by atoms with Gasteiger partial charge in [0.15, 0.2) is 11.5 Å². The van der Waals surface area contributed by atoms with E-state index < -0.39 is 65.5 Å². The molecule has 1 saturated heterocycles. The average Bonchev–Trinajstić information content (AvgIpc) is 3.14. The summed E-state index contributed by atoms with van der Waals surface area (Å²) < 4.78 is 70.3. The van der Waals surface area contributed by atoms with Crippen LogP contribution in [0.15, 0.2) is 130 Å². The Hall–Kier alpha value is -4.83. The van der Waals surface area contributed by atoms with Crippen molar-refractivity contribution in [3.8, 4) is 5.75 Å². The number of hydrogen-bond donors (Lipinski definition) is 1. The van der Waals surface area contributed by atoms with Gasteiger partial charge in [-0.3, -0.25) is 14.5 Å². The van der Waals surface area contributed by atoms with E-state index in [4.69, 9.17) is 25.3 Å². The molecule has 1 aliphatic heterocycles. The first-order valence-corrected chi connectivity index (χ1v) is 20.4. The van der Waals surface area contributed by atoms with Gasteiger partial charge in [0, 0.05) is 10.8 Å². The molecule has 0 aliphatic carbocycles. The van der Waals surface area contributed by atoms with Gasteiger partial charge in [-0.1, -0.05) is 78.4 Å². The second kappa shape index (κ2) is 16.7. The molecule has 2 atom stereocenters. The lowest BCUT2D eigenvalue weighted by molar-refractivity contribution is -0.153. The maximum Gasteiger partial charge on any atom is 0.359 e. The first-order chi connectivity index (χ1) is 24.8. The molecule has 12 nitrogen and oxygen atoms in total. The number of aryl methyl sites for hydroxylation is 1. The van der Waals surface area contributed by atoms with Crippen LogP contribution in [0.3, 0.4) is 0 Å². The molecule has 5 rings (SSSR count). The van der Waals surface area contributed by atoms with Gasteiger partial charge in [0.05, 0.1) is 24.3 Å². The zero-order valence-corrected chi connectivity index (χ0v) is 31.0. The van der Waals surface area contributed by atoms with Crippen LogP contribution in [0.1, 0.15) is 16.7 Å². The minimum Gasteiger partial charge on any atom is -0.497 e. The summed E-state index contributed by atoms with van der Waals surface area (Å²) in [5, 5.41) is 1.08. The number of alkyl halides is 1. The zero-order valence-electron chi connectivity index (χ0n) is 27.8. The van der Waals surface area contributed by atoms with Crippen molar-refractivity contribution in [3.05, 3.63) is 137 Å². The highest BCUT2D eigenvalue weighted by atomic mass is 35.5. The third-order valence-corrected chi connectivity index (χ3v) is 12.9. The largest absolute Gasteiger partial charge is 0.497 e. The van der Waals surface area contributed by atoms with Gasteiger partial charge in [-0.05, 0) is 54.4 Å². The first kappa shape index (κ1) is 38.4. The summed E-state index contributed by atoms with van der Waals surface area (Å²) in [6.07, 6.45) is -0.134. The summed E-state index contributed by atoms with van der Waals surface area (Å²) in [5.74, 6) is -3.69. The minimum absolute atomic E-state index is 0.114. The maximum atomic E-state index is 14.0. The average molecular weight is 785 g/mol. The smallest absolute Gasteiger partial charge is 0.359 e. The molecule has 1 aliphatic rings. The van der Waals surface area contributed by atoms with Gasteiger partial charge in [-0.15, -0.1) is 11.6 Å². The number of halogens is 1. The molecule has 272 valence electrons. The molecule has 1 heterocycles. The topological polar surface area (TPSA) is 162 Å². The van der Waals surface area contributed by atoms with Gasteiger partial charge in [-0.25, -0.2) is 13.2 Å². The van der Waals surface area contributed by atoms with Gasteiger partial charge >= 0.3 is 16.1 Å². The fraction of sp³-hybridized carbons (Fsp3) is 0.194. The Morgan fingerprint density at radius 2 is 1.44 bits per heavy atom. The van der Waals surface area contributed by atoms with Crippen LogP contribution in [-0.2, 0) is 55.3 Å². The number of hydrogen-bond acceptors (Lipinski definition) is 11. The van der Waals surface area contributed by atoms with Crippen LogP contribution in [0.5, 0.6) is 5.75 Å². The first-order valence-electron chi connectivity index (χ1n) is 15.6. The number of ether oxygens (including phenoxy) is 2. The highest BCUT2D eigenvalue weighted by Crippen LogP contribution is 2.41. The number of nitrogens with one attached hydrogen (secondary N) is 1. The molecule has 2 amide bonds. The summed E-state index contributed by atoms with van der Waals surface area (Å²) in [7, 11) is -7.12. The van der Waals surface area contributed by atoms with Gasteiger partial charge in [0.2, 0.25) is 14.8 Å². The summed E-state index contributed by atoms with van der Waals surface area (Å²) in [5.41, 5.74) is 1.15. The highest BCUT2D eigenvalue weighted by Gasteiger charge is 2.55. The number of rotatable bonds is 15. The Labute approximate surface area is 310 Å². The van der Waals surface area contributed by atoms with Crippen LogP contribution < -0.4 is 10.1 Å². The van der Waals surface area contributed by atoms with Crippen molar-refractivity contribution in [2.45, 2.75) is 41.2 Å². The predicted octanol–water partition coefficient (Wildman–Crippen LogP) is 4.92. The zero-order chi connectivity index (χ0) is 37.5. The third kappa shape index (κ3) is 9.14. The van der Waals surface area contributed by atoms with E-state index >= 15 is 0 Å². The standard InChI is InChI=1S/C36H33ClN2O10S3/c1-24-13-19-28(20-14-24)51(43,44)49-30(22-37)33(36(42)48-23-26-15-17-27(47-2)18-16-26)39-34(41)32(38-31(40)21-25-9-5-3-6-10-25)35(39)50-52(45,46)29-11-7-4-8-12-29/h3-20,32,35H,21-23H2,1-2H3,(H,38,40)/b33-30+. The number of benzene rings is 4. The van der Waals surface area contributed by atoms with Crippen molar-refractivity contribution < 1.29 is 44.9 Å². The van der Waals surface area contributed by atoms with E-state index in [9.17, 15) is 31.2 Å². The molecule has 0 saturated carbocycles. The molecule has 1 fully saturated rings. The minimum atomic E-state index is -4.64. The maximum absolute atomic E-state index is 14.0. The molecule has 2 unspecified atom stereocenters. The van der Waals surface area contributed by atoms with Crippen molar-refractivity contribution in [3.63, 3.8) is 0 Å². The number of allylic oxidation sites excluding steroid dienone is 1. The molecule has 0 aromatic heterocycles. The van der Waals surface area contributed by atoms with Gasteiger partial charge in [0.25, 0.3) is 5.91 Å². The van der Waals surface area contributed by atoms with Crippen LogP contribution in [0.25, 0.3) is 0 Å². The lowest BCUT2D eigenvalue weighted by Crippen LogP contribution is -2.70. The van der Waals surface area contributed by atoms with E-state index in [1.54, 1.807) is 67.6 Å². The second-order valence-electron chi connectivity index (χ2n) is 11.3. The summed E-state index contributed by atoms with van der Waals surface area (Å²) in [4.78, 5) is 41.4. The normalized spacial score (nSPS) is 16.3. The van der Waals surface area contributed by atoms with Crippen molar-refractivity contribution >= 4 is 59.2 Å². The highest BCUT2D eigenvalue weighted by molar-refractivity contribution is 8.72. The van der Waals surface area contributed by atoms with E-state index in [2.05, 4.69) is 5.32 Å². The van der Waals surface area contributed by atoms with Gasteiger partial charge in [0.1, 0.15) is 28.7 Å². The number of methoxy groups -OCH3 is 1. The van der Waals surface area contributed by atoms with E-state index in [1.807, 2.05) is 0 Å². The van der Waals surface area contributed by atoms with Crippen molar-refractivity contribution in [1.82, 2.24) is 10.2 Å². The van der Waals surface area contributed by atoms with Gasteiger partial charge in [-0.2, -0.15) is 8.42 Å². The summed E-state index contributed by atoms with van der Waals surface area (Å²) in [6, 6.07) is 26.7. The predicted molar refractivity (Wildman–Crippen MR) is 194 cm³/mol. The molecule has 52 heavy (non-hydrogen) atoms. The van der Waals surface area contributed by atoms with Crippen LogP contribution in [0, 0.1) is 6.92 Å². The SMILES string of the molecule is COc1ccc(COC(=O)/C(=C(/CCl)OS(=O)(=O)c2ccc(C)cc2)N2C(=O)C(NC(=O)Cc3ccccc3)C2SS(=O)(=O)c2ccccc2)cc1. The Morgan fingerprint density at radius 1 is 0.827 bits per heavy atom. The molecule has 0 spiro atoms. The number of likely N-dealkylation sites (tertiary alicyclic amines) is 1. The number of carbonyl (C=O) groups is 3. The molecule has 0 radical (unpaired) electrons. The summed E-state index contributed by atoms with van der Waals surface area (Å²) >= 11 is 6.23. The summed E-state index contributed by atoms with van der Waals surface area (Å²) in [6.45, 7) is 1.41. The molecule has 4 aromatic rings. The van der Waals surface area contributed by atoms with Crippen molar-refractivity contribution in [2.24, 2.45) is 0 Å². The Kier molecular flexibility index (Phi) is 12.3. The Morgan fingerprint density at radius 3 is 2.04 bits per heavy atom. The number of carbonyl (C=O) groups excluding carboxylic acids is 3. The molecular weight excluding hydrogens is 752 g/mol. The number of amides is 2. The monoisotopic (exact) mass is 784 g/mol. The Bertz CT molecular complexity index is 2160. The number of nitrogens with zero attached hydrogens (tertiary/aromatic N) is 1. The van der Waals surface area contributed by atoms with Gasteiger partial charge < -0.3 is 19.0 Å². The fourth-order valence-corrected chi connectivity index (χ4v) is 9.71. The van der Waals surface area contributed by atoms with E-state index in [1.165, 1.54) is 55.6 Å². The van der Waals surface area contributed by atoms with E-state index in [0.717, 1.165) is 10.5 Å². The quantitative estimate of drug-likeness (QED) is 0.0331. The molecule has 16 heteroatoms. The third-order valence-electron chi connectivity index (χ3n) is 7.69. The van der Waals surface area contributed by atoms with E-state index in [0.29, 0.717) is 16.9 Å².